The van der Waals surface area contributed by atoms with Crippen molar-refractivity contribution < 1.29 is 19.0 Å². The summed E-state index contributed by atoms with van der Waals surface area (Å²) in [4.78, 5) is 30.7. The number of fused-ring (bicyclic) bond motifs is 1. The molecule has 2 aromatic heterocycles. The molecule has 3 heterocycles. The number of anilines is 1. The third-order valence-corrected chi connectivity index (χ3v) is 6.72. The smallest absolute Gasteiger partial charge is 0.341 e. The Morgan fingerprint density at radius 1 is 1.38 bits per heavy atom. The van der Waals surface area contributed by atoms with Crippen LogP contribution in [-0.2, 0) is 5.41 Å². The zero-order valence-corrected chi connectivity index (χ0v) is 18.0. The summed E-state index contributed by atoms with van der Waals surface area (Å²) in [7, 11) is 1.46. The number of hydrogen-bond acceptors (Lipinski definition) is 5. The van der Waals surface area contributed by atoms with Crippen LogP contribution in [0.4, 0.5) is 10.1 Å². The van der Waals surface area contributed by atoms with Crippen molar-refractivity contribution >= 4 is 22.6 Å². The molecule has 166 valence electrons. The van der Waals surface area contributed by atoms with Gasteiger partial charge in [0, 0.05) is 43.1 Å². The lowest BCUT2D eigenvalue weighted by molar-refractivity contribution is 0.0695. The molecule has 0 bridgehead atoms. The lowest BCUT2D eigenvalue weighted by Gasteiger charge is -2.28. The van der Waals surface area contributed by atoms with Crippen LogP contribution >= 0.6 is 0 Å². The number of carboxylic acids is 1. The van der Waals surface area contributed by atoms with Crippen molar-refractivity contribution in [3.63, 3.8) is 0 Å². The molecule has 0 radical (unpaired) electrons. The van der Waals surface area contributed by atoms with Gasteiger partial charge in [0.05, 0.1) is 18.0 Å². The van der Waals surface area contributed by atoms with Crippen molar-refractivity contribution in [2.45, 2.75) is 37.6 Å². The van der Waals surface area contributed by atoms with Gasteiger partial charge in [-0.15, -0.1) is 0 Å². The fourth-order valence-electron chi connectivity index (χ4n) is 4.83. The van der Waals surface area contributed by atoms with Crippen LogP contribution < -0.4 is 15.1 Å². The Bertz CT molecular complexity index is 1290. The minimum absolute atomic E-state index is 0.0316. The predicted octanol–water partition coefficient (Wildman–Crippen LogP) is 3.75. The van der Waals surface area contributed by atoms with E-state index in [9.17, 15) is 14.7 Å². The molecule has 1 saturated heterocycles. The molecule has 1 aliphatic heterocycles. The summed E-state index contributed by atoms with van der Waals surface area (Å²) in [5, 5.41) is 9.52. The van der Waals surface area contributed by atoms with Crippen molar-refractivity contribution in [1.29, 1.82) is 0 Å². The summed E-state index contributed by atoms with van der Waals surface area (Å²) in [6.07, 6.45) is 7.50. The Morgan fingerprint density at radius 2 is 2.16 bits per heavy atom. The van der Waals surface area contributed by atoms with Crippen LogP contribution in [0.3, 0.4) is 0 Å². The Hall–Kier alpha value is -3.42. The molecule has 2 aliphatic rings. The summed E-state index contributed by atoms with van der Waals surface area (Å²) in [5.41, 5.74) is 0.590. The van der Waals surface area contributed by atoms with Crippen molar-refractivity contribution in [3.05, 3.63) is 64.0 Å². The largest absolute Gasteiger partial charge is 0.492 e. The highest BCUT2D eigenvalue weighted by atomic mass is 19.1. The van der Waals surface area contributed by atoms with E-state index >= 15 is 4.39 Å². The molecule has 3 aromatic rings. The van der Waals surface area contributed by atoms with Gasteiger partial charge in [-0.2, -0.15) is 0 Å². The molecular weight excluding hydrogens is 413 g/mol. The standard InChI is InChI=1S/C24H24FN3O4/c1-24(14-4-3-8-26-11-14)7-9-27(13-24)20-18(25)10-16-19(22(20)32-2)28(15-5-6-15)12-17(21(16)29)23(30)31/h3-4,8,10-12,15H,5-7,9,13H2,1-2H3,(H,30,31). The van der Waals surface area contributed by atoms with Crippen LogP contribution in [-0.4, -0.2) is 40.8 Å². The van der Waals surface area contributed by atoms with Crippen molar-refractivity contribution in [1.82, 2.24) is 9.55 Å². The van der Waals surface area contributed by atoms with E-state index in [1.807, 2.05) is 23.2 Å². The van der Waals surface area contributed by atoms with E-state index in [0.717, 1.165) is 24.8 Å². The fourth-order valence-corrected chi connectivity index (χ4v) is 4.83. The monoisotopic (exact) mass is 437 g/mol. The zero-order valence-electron chi connectivity index (χ0n) is 18.0. The minimum atomic E-state index is -1.32. The first-order chi connectivity index (χ1) is 15.3. The highest BCUT2D eigenvalue weighted by Gasteiger charge is 2.39. The van der Waals surface area contributed by atoms with Crippen molar-refractivity contribution in [2.75, 3.05) is 25.1 Å². The molecule has 8 heteroatoms. The van der Waals surface area contributed by atoms with Gasteiger partial charge in [0.2, 0.25) is 5.43 Å². The van der Waals surface area contributed by atoms with Gasteiger partial charge in [-0.05, 0) is 37.0 Å². The number of hydrogen-bond donors (Lipinski definition) is 1. The van der Waals surface area contributed by atoms with Crippen LogP contribution in [0.2, 0.25) is 0 Å². The lowest BCUT2D eigenvalue weighted by Crippen LogP contribution is -2.29. The number of halogens is 1. The average Bonchev–Trinajstić information content (AvgIpc) is 3.55. The van der Waals surface area contributed by atoms with E-state index < -0.39 is 17.2 Å². The number of nitrogens with zero attached hydrogens (tertiary/aromatic N) is 3. The van der Waals surface area contributed by atoms with E-state index in [-0.39, 0.29) is 28.2 Å². The maximum absolute atomic E-state index is 15.5. The molecule has 2 fully saturated rings. The number of aromatic nitrogens is 2. The molecular formula is C24H24FN3O4. The Balaban J connectivity index is 1.69. The second-order valence-electron chi connectivity index (χ2n) is 8.93. The quantitative estimate of drug-likeness (QED) is 0.655. The van der Waals surface area contributed by atoms with Gasteiger partial charge in [-0.3, -0.25) is 9.78 Å². The first kappa shape index (κ1) is 20.5. The number of carbonyl (C=O) groups is 1. The Kier molecular flexibility index (Phi) is 4.69. The first-order valence-electron chi connectivity index (χ1n) is 10.7. The first-order valence-corrected chi connectivity index (χ1v) is 10.7. The molecule has 7 nitrogen and oxygen atoms in total. The predicted molar refractivity (Wildman–Crippen MR) is 118 cm³/mol. The molecule has 1 unspecified atom stereocenters. The third-order valence-electron chi connectivity index (χ3n) is 6.72. The third kappa shape index (κ3) is 3.13. The van der Waals surface area contributed by atoms with Crippen LogP contribution in [0.15, 0.2) is 41.6 Å². The summed E-state index contributed by atoms with van der Waals surface area (Å²) < 4.78 is 23.0. The van der Waals surface area contributed by atoms with Crippen LogP contribution in [0.5, 0.6) is 5.75 Å². The number of aromatic carboxylic acids is 1. The van der Waals surface area contributed by atoms with Gasteiger partial charge in [-0.25, -0.2) is 9.18 Å². The van der Waals surface area contributed by atoms with Gasteiger partial charge in [0.1, 0.15) is 11.3 Å². The van der Waals surface area contributed by atoms with Gasteiger partial charge in [0.15, 0.2) is 11.6 Å². The van der Waals surface area contributed by atoms with E-state index in [1.165, 1.54) is 19.4 Å². The molecule has 0 spiro atoms. The molecule has 1 aliphatic carbocycles. The molecule has 5 rings (SSSR count). The van der Waals surface area contributed by atoms with Gasteiger partial charge >= 0.3 is 5.97 Å². The maximum Gasteiger partial charge on any atom is 0.341 e. The molecule has 1 atom stereocenters. The summed E-state index contributed by atoms with van der Waals surface area (Å²) >= 11 is 0. The Labute approximate surface area is 184 Å². The van der Waals surface area contributed by atoms with E-state index in [2.05, 4.69) is 11.9 Å². The topological polar surface area (TPSA) is 84.7 Å². The maximum atomic E-state index is 15.5. The van der Waals surface area contributed by atoms with E-state index in [1.54, 1.807) is 10.8 Å². The molecule has 1 saturated carbocycles. The molecule has 0 amide bonds. The number of carboxylic acid groups (broad SMARTS) is 1. The summed E-state index contributed by atoms with van der Waals surface area (Å²) in [6.45, 7) is 3.32. The highest BCUT2D eigenvalue weighted by molar-refractivity contribution is 5.97. The van der Waals surface area contributed by atoms with E-state index in [4.69, 9.17) is 4.74 Å². The van der Waals surface area contributed by atoms with Crippen molar-refractivity contribution in [3.8, 4) is 5.75 Å². The zero-order chi connectivity index (χ0) is 22.6. The van der Waals surface area contributed by atoms with Gasteiger partial charge in [0.25, 0.3) is 0 Å². The van der Waals surface area contributed by atoms with Gasteiger partial charge < -0.3 is 19.3 Å². The fraction of sp³-hybridized carbons (Fsp3) is 0.375. The normalized spacial score (nSPS) is 20.7. The van der Waals surface area contributed by atoms with E-state index in [0.29, 0.717) is 24.3 Å². The number of benzene rings is 1. The van der Waals surface area contributed by atoms with Crippen LogP contribution in [0, 0.1) is 5.82 Å². The lowest BCUT2D eigenvalue weighted by atomic mass is 9.83. The minimum Gasteiger partial charge on any atom is -0.492 e. The molecule has 32 heavy (non-hydrogen) atoms. The van der Waals surface area contributed by atoms with Crippen LogP contribution in [0.1, 0.15) is 48.1 Å². The summed E-state index contributed by atoms with van der Waals surface area (Å²) in [5.74, 6) is -1.63. The average molecular weight is 437 g/mol. The number of methoxy groups -OCH3 is 1. The second-order valence-corrected chi connectivity index (χ2v) is 8.93. The molecule has 1 N–H and O–H groups in total. The Morgan fingerprint density at radius 3 is 2.78 bits per heavy atom. The van der Waals surface area contributed by atoms with Gasteiger partial charge in [-0.1, -0.05) is 13.0 Å². The van der Waals surface area contributed by atoms with Crippen LogP contribution in [0.25, 0.3) is 10.9 Å². The van der Waals surface area contributed by atoms with Crippen molar-refractivity contribution in [2.24, 2.45) is 0 Å². The number of rotatable bonds is 5. The highest BCUT2D eigenvalue weighted by Crippen LogP contribution is 2.46. The number of pyridine rings is 2. The molecule has 1 aromatic carbocycles. The summed E-state index contributed by atoms with van der Waals surface area (Å²) in [6, 6.07) is 5.17. The SMILES string of the molecule is COc1c(N2CCC(C)(c3cccnc3)C2)c(F)cc2c(=O)c(C(=O)O)cn(C3CC3)c12. The number of ether oxygens (including phenoxy) is 1. The second kappa shape index (κ2) is 7.32.